The number of fused-ring (bicyclic) bond motifs is 1. The zero-order chi connectivity index (χ0) is 25.4. The SMILES string of the molecule is Cc1cc(N2CCN(C(c3ccccc3)c3ccccc3)CC2)n2nc(C)c(-c3ccc(F)cc3)c2n1. The highest BCUT2D eigenvalue weighted by Crippen LogP contribution is 2.33. The van der Waals surface area contributed by atoms with E-state index in [0.717, 1.165) is 60.2 Å². The van der Waals surface area contributed by atoms with Gasteiger partial charge < -0.3 is 4.90 Å². The number of rotatable bonds is 5. The van der Waals surface area contributed by atoms with E-state index < -0.39 is 0 Å². The number of aryl methyl sites for hydroxylation is 2. The van der Waals surface area contributed by atoms with E-state index in [9.17, 15) is 4.39 Å². The molecule has 0 amide bonds. The summed E-state index contributed by atoms with van der Waals surface area (Å²) in [6.45, 7) is 7.66. The maximum atomic E-state index is 13.6. The van der Waals surface area contributed by atoms with Gasteiger partial charge in [0.25, 0.3) is 0 Å². The van der Waals surface area contributed by atoms with Crippen molar-refractivity contribution in [1.82, 2.24) is 19.5 Å². The quantitative estimate of drug-likeness (QED) is 0.299. The Hall–Kier alpha value is -4.03. The average molecular weight is 492 g/mol. The van der Waals surface area contributed by atoms with Gasteiger partial charge >= 0.3 is 0 Å². The molecular formula is C31H30FN5. The molecule has 1 aliphatic rings. The summed E-state index contributed by atoms with van der Waals surface area (Å²) in [6.07, 6.45) is 0. The fourth-order valence-electron chi connectivity index (χ4n) is 5.50. The molecule has 6 heteroatoms. The van der Waals surface area contributed by atoms with Crippen molar-refractivity contribution in [2.75, 3.05) is 31.1 Å². The third-order valence-electron chi connectivity index (χ3n) is 7.24. The first-order valence-electron chi connectivity index (χ1n) is 12.8. The Morgan fingerprint density at radius 1 is 0.757 bits per heavy atom. The van der Waals surface area contributed by atoms with Gasteiger partial charge in [-0.05, 0) is 42.7 Å². The molecule has 0 bridgehead atoms. The molecule has 3 heterocycles. The second kappa shape index (κ2) is 9.79. The van der Waals surface area contributed by atoms with Crippen LogP contribution in [0.1, 0.15) is 28.6 Å². The Balaban J connectivity index is 1.31. The van der Waals surface area contributed by atoms with Gasteiger partial charge in [0.15, 0.2) is 5.65 Å². The van der Waals surface area contributed by atoms with Gasteiger partial charge in [-0.25, -0.2) is 9.37 Å². The zero-order valence-electron chi connectivity index (χ0n) is 21.2. The van der Waals surface area contributed by atoms with Crippen LogP contribution in [0.15, 0.2) is 91.0 Å². The number of piperazine rings is 1. The Morgan fingerprint density at radius 3 is 1.95 bits per heavy atom. The Morgan fingerprint density at radius 2 is 1.35 bits per heavy atom. The van der Waals surface area contributed by atoms with E-state index in [0.29, 0.717) is 0 Å². The number of hydrogen-bond acceptors (Lipinski definition) is 4. The molecule has 6 rings (SSSR count). The Kier molecular flexibility index (Phi) is 6.18. The van der Waals surface area contributed by atoms with Crippen LogP contribution in [-0.2, 0) is 0 Å². The topological polar surface area (TPSA) is 36.7 Å². The normalized spacial score (nSPS) is 14.5. The van der Waals surface area contributed by atoms with E-state index in [1.165, 1.54) is 23.3 Å². The molecule has 0 unspecified atom stereocenters. The number of aromatic nitrogens is 3. The van der Waals surface area contributed by atoms with Crippen molar-refractivity contribution >= 4 is 11.5 Å². The molecule has 0 spiro atoms. The predicted octanol–water partition coefficient (Wildman–Crippen LogP) is 6.06. The summed E-state index contributed by atoms with van der Waals surface area (Å²) in [5.41, 5.74) is 7.16. The molecule has 1 fully saturated rings. The van der Waals surface area contributed by atoms with E-state index in [-0.39, 0.29) is 11.9 Å². The predicted molar refractivity (Wildman–Crippen MR) is 146 cm³/mol. The maximum Gasteiger partial charge on any atom is 0.165 e. The van der Waals surface area contributed by atoms with Crippen molar-refractivity contribution in [1.29, 1.82) is 0 Å². The number of halogens is 1. The van der Waals surface area contributed by atoms with Crippen LogP contribution < -0.4 is 4.90 Å². The van der Waals surface area contributed by atoms with Crippen LogP contribution in [-0.4, -0.2) is 45.7 Å². The number of benzene rings is 3. The first-order valence-corrected chi connectivity index (χ1v) is 12.8. The first-order chi connectivity index (χ1) is 18.1. The second-order valence-corrected chi connectivity index (χ2v) is 9.71. The van der Waals surface area contributed by atoms with Gasteiger partial charge in [-0.1, -0.05) is 72.8 Å². The minimum absolute atomic E-state index is 0.223. The van der Waals surface area contributed by atoms with Crippen LogP contribution in [0.25, 0.3) is 16.8 Å². The van der Waals surface area contributed by atoms with Gasteiger partial charge in [-0.3, -0.25) is 4.90 Å². The molecule has 0 saturated carbocycles. The van der Waals surface area contributed by atoms with Gasteiger partial charge in [0, 0.05) is 43.5 Å². The molecule has 0 radical (unpaired) electrons. The number of anilines is 1. The third kappa shape index (κ3) is 4.49. The largest absolute Gasteiger partial charge is 0.354 e. The molecule has 5 nitrogen and oxygen atoms in total. The van der Waals surface area contributed by atoms with Crippen molar-refractivity contribution in [3.8, 4) is 11.1 Å². The van der Waals surface area contributed by atoms with Crippen LogP contribution in [0.2, 0.25) is 0 Å². The lowest BCUT2D eigenvalue weighted by Crippen LogP contribution is -2.48. The van der Waals surface area contributed by atoms with Gasteiger partial charge in [0.05, 0.1) is 11.7 Å². The van der Waals surface area contributed by atoms with Crippen LogP contribution in [0.3, 0.4) is 0 Å². The molecule has 0 N–H and O–H groups in total. The van der Waals surface area contributed by atoms with Crippen LogP contribution in [0.4, 0.5) is 10.2 Å². The standard InChI is InChI=1S/C31H30FN5/c1-22-21-28(37-31(33-22)29(23(2)34-37)24-13-15-27(32)16-14-24)35-17-19-36(20-18-35)30(25-9-5-3-6-10-25)26-11-7-4-8-12-26/h3-16,21,30H,17-20H2,1-2H3. The third-order valence-corrected chi connectivity index (χ3v) is 7.24. The van der Waals surface area contributed by atoms with Crippen molar-refractivity contribution in [2.24, 2.45) is 0 Å². The Labute approximate surface area is 216 Å². The molecule has 2 aromatic heterocycles. The summed E-state index contributed by atoms with van der Waals surface area (Å²) in [5, 5.41) is 4.88. The smallest absolute Gasteiger partial charge is 0.165 e. The number of hydrogen-bond donors (Lipinski definition) is 0. The molecule has 1 saturated heterocycles. The summed E-state index contributed by atoms with van der Waals surface area (Å²) >= 11 is 0. The van der Waals surface area contributed by atoms with Crippen LogP contribution >= 0.6 is 0 Å². The summed E-state index contributed by atoms with van der Waals surface area (Å²) in [5.74, 6) is 0.805. The summed E-state index contributed by atoms with van der Waals surface area (Å²) in [7, 11) is 0. The average Bonchev–Trinajstić information content (AvgIpc) is 3.26. The van der Waals surface area contributed by atoms with Crippen molar-refractivity contribution in [3.63, 3.8) is 0 Å². The van der Waals surface area contributed by atoms with Gasteiger partial charge in [-0.15, -0.1) is 0 Å². The van der Waals surface area contributed by atoms with E-state index in [1.807, 2.05) is 18.4 Å². The molecule has 0 aliphatic carbocycles. The highest BCUT2D eigenvalue weighted by molar-refractivity contribution is 5.81. The minimum atomic E-state index is -0.245. The van der Waals surface area contributed by atoms with Gasteiger partial charge in [-0.2, -0.15) is 9.61 Å². The van der Waals surface area contributed by atoms with E-state index in [1.54, 1.807) is 12.1 Å². The highest BCUT2D eigenvalue weighted by Gasteiger charge is 2.28. The van der Waals surface area contributed by atoms with Crippen LogP contribution in [0.5, 0.6) is 0 Å². The minimum Gasteiger partial charge on any atom is -0.354 e. The van der Waals surface area contributed by atoms with Crippen molar-refractivity contribution in [3.05, 3.63) is 119 Å². The maximum absolute atomic E-state index is 13.6. The number of nitrogens with zero attached hydrogens (tertiary/aromatic N) is 5. The van der Waals surface area contributed by atoms with Crippen molar-refractivity contribution in [2.45, 2.75) is 19.9 Å². The molecule has 186 valence electrons. The van der Waals surface area contributed by atoms with Crippen molar-refractivity contribution < 1.29 is 4.39 Å². The molecule has 37 heavy (non-hydrogen) atoms. The van der Waals surface area contributed by atoms with Crippen LogP contribution in [0, 0.1) is 19.7 Å². The summed E-state index contributed by atoms with van der Waals surface area (Å²) in [4.78, 5) is 9.83. The van der Waals surface area contributed by atoms with Gasteiger partial charge in [0.2, 0.25) is 0 Å². The van der Waals surface area contributed by atoms with E-state index >= 15 is 0 Å². The fraction of sp³-hybridized carbons (Fsp3) is 0.226. The molecular weight excluding hydrogens is 461 g/mol. The lowest BCUT2D eigenvalue weighted by molar-refractivity contribution is 0.211. The molecule has 0 atom stereocenters. The van der Waals surface area contributed by atoms with Gasteiger partial charge in [0.1, 0.15) is 11.6 Å². The molecule has 5 aromatic rings. The molecule has 3 aromatic carbocycles. The van der Waals surface area contributed by atoms with E-state index in [2.05, 4.69) is 76.5 Å². The molecule has 1 aliphatic heterocycles. The Bertz CT molecular complexity index is 1470. The fourth-order valence-corrected chi connectivity index (χ4v) is 5.50. The summed E-state index contributed by atoms with van der Waals surface area (Å²) in [6, 6.07) is 30.5. The lowest BCUT2D eigenvalue weighted by atomic mass is 9.96. The lowest BCUT2D eigenvalue weighted by Gasteiger charge is -2.40. The first kappa shape index (κ1) is 23.4. The second-order valence-electron chi connectivity index (χ2n) is 9.71. The highest BCUT2D eigenvalue weighted by atomic mass is 19.1. The monoisotopic (exact) mass is 491 g/mol. The zero-order valence-corrected chi connectivity index (χ0v) is 21.2. The summed E-state index contributed by atoms with van der Waals surface area (Å²) < 4.78 is 15.5. The van der Waals surface area contributed by atoms with E-state index in [4.69, 9.17) is 10.1 Å².